The first kappa shape index (κ1) is 11.5. The van der Waals surface area contributed by atoms with Crippen LogP contribution >= 0.6 is 0 Å². The predicted molar refractivity (Wildman–Crippen MR) is 68.7 cm³/mol. The number of nitrogens with zero attached hydrogens (tertiary/aromatic N) is 1. The lowest BCUT2D eigenvalue weighted by molar-refractivity contribution is 0.439. The van der Waals surface area contributed by atoms with E-state index >= 15 is 0 Å². The minimum atomic E-state index is -0.340. The minimum Gasteiger partial charge on any atom is -0.469 e. The molecule has 5 heteroatoms. The predicted octanol–water partition coefficient (Wildman–Crippen LogP) is 3.63. The highest BCUT2D eigenvalue weighted by molar-refractivity contribution is 5.86. The Balaban J connectivity index is 2.19. The third-order valence-electron chi connectivity index (χ3n) is 2.84. The second-order valence-corrected chi connectivity index (χ2v) is 4.23. The van der Waals surface area contributed by atoms with E-state index in [1.165, 1.54) is 12.1 Å². The van der Waals surface area contributed by atoms with Crippen molar-refractivity contribution in [3.05, 3.63) is 48.2 Å². The van der Waals surface area contributed by atoms with Crippen LogP contribution in [0.5, 0.6) is 0 Å². The topological polar surface area (TPSA) is 65.2 Å². The third kappa shape index (κ3) is 1.99. The SMILES string of the molecule is Cc1cc(-c2noc(N)c2-c2cccc(F)c2)co1. The Kier molecular flexibility index (Phi) is 2.59. The largest absolute Gasteiger partial charge is 0.469 e. The summed E-state index contributed by atoms with van der Waals surface area (Å²) in [5.41, 5.74) is 8.26. The molecule has 0 fully saturated rings. The molecule has 19 heavy (non-hydrogen) atoms. The molecule has 0 radical (unpaired) electrons. The Labute approximate surface area is 108 Å². The highest BCUT2D eigenvalue weighted by Crippen LogP contribution is 2.36. The molecule has 2 heterocycles. The smallest absolute Gasteiger partial charge is 0.230 e. The van der Waals surface area contributed by atoms with E-state index < -0.39 is 0 Å². The van der Waals surface area contributed by atoms with Gasteiger partial charge in [-0.05, 0) is 30.7 Å². The molecule has 0 aliphatic rings. The molecule has 3 rings (SSSR count). The van der Waals surface area contributed by atoms with Crippen LogP contribution in [-0.4, -0.2) is 5.16 Å². The van der Waals surface area contributed by atoms with Crippen molar-refractivity contribution in [2.75, 3.05) is 5.73 Å². The summed E-state index contributed by atoms with van der Waals surface area (Å²) in [6, 6.07) is 7.94. The summed E-state index contributed by atoms with van der Waals surface area (Å²) >= 11 is 0. The van der Waals surface area contributed by atoms with Crippen LogP contribution in [-0.2, 0) is 0 Å². The maximum Gasteiger partial charge on any atom is 0.230 e. The van der Waals surface area contributed by atoms with Crippen molar-refractivity contribution < 1.29 is 13.3 Å². The zero-order valence-electron chi connectivity index (χ0n) is 10.2. The van der Waals surface area contributed by atoms with E-state index in [4.69, 9.17) is 14.7 Å². The van der Waals surface area contributed by atoms with Gasteiger partial charge in [-0.15, -0.1) is 0 Å². The van der Waals surface area contributed by atoms with Crippen LogP contribution in [0.4, 0.5) is 10.3 Å². The molecule has 0 amide bonds. The van der Waals surface area contributed by atoms with Gasteiger partial charge in [0.15, 0.2) is 0 Å². The molecule has 0 aliphatic carbocycles. The Morgan fingerprint density at radius 3 is 2.74 bits per heavy atom. The molecule has 0 saturated carbocycles. The van der Waals surface area contributed by atoms with Crippen LogP contribution in [0, 0.1) is 12.7 Å². The van der Waals surface area contributed by atoms with Gasteiger partial charge in [0.2, 0.25) is 5.88 Å². The van der Waals surface area contributed by atoms with Crippen molar-refractivity contribution >= 4 is 5.88 Å². The average Bonchev–Trinajstić information content (AvgIpc) is 2.95. The fourth-order valence-corrected chi connectivity index (χ4v) is 1.99. The van der Waals surface area contributed by atoms with E-state index in [2.05, 4.69) is 5.16 Å². The molecule has 0 unspecified atom stereocenters. The van der Waals surface area contributed by atoms with Crippen molar-refractivity contribution in [2.45, 2.75) is 6.92 Å². The third-order valence-corrected chi connectivity index (χ3v) is 2.84. The summed E-state index contributed by atoms with van der Waals surface area (Å²) in [6.07, 6.45) is 1.56. The van der Waals surface area contributed by atoms with Gasteiger partial charge < -0.3 is 14.7 Å². The lowest BCUT2D eigenvalue weighted by Gasteiger charge is -2.01. The second-order valence-electron chi connectivity index (χ2n) is 4.23. The number of halogens is 1. The number of rotatable bonds is 2. The molecule has 0 aliphatic heterocycles. The van der Waals surface area contributed by atoms with E-state index in [9.17, 15) is 4.39 Å². The standard InChI is InChI=1S/C14H11FN2O2/c1-8-5-10(7-18-8)13-12(14(16)19-17-13)9-3-2-4-11(15)6-9/h2-7H,16H2,1H3. The van der Waals surface area contributed by atoms with Crippen LogP contribution in [0.15, 0.2) is 45.5 Å². The first-order valence-corrected chi connectivity index (χ1v) is 5.72. The number of anilines is 1. The fourth-order valence-electron chi connectivity index (χ4n) is 1.99. The molecule has 0 spiro atoms. The zero-order valence-corrected chi connectivity index (χ0v) is 10.2. The number of furan rings is 1. The number of nitrogens with two attached hydrogens (primary N) is 1. The summed E-state index contributed by atoms with van der Waals surface area (Å²) in [5, 5.41) is 3.92. The van der Waals surface area contributed by atoms with E-state index in [1.807, 2.05) is 13.0 Å². The summed E-state index contributed by atoms with van der Waals surface area (Å²) in [5.74, 6) is 0.564. The minimum absolute atomic E-state index is 0.152. The quantitative estimate of drug-likeness (QED) is 0.762. The van der Waals surface area contributed by atoms with Gasteiger partial charge in [-0.3, -0.25) is 0 Å². The number of hydrogen-bond acceptors (Lipinski definition) is 4. The van der Waals surface area contributed by atoms with Crippen LogP contribution in [0.1, 0.15) is 5.76 Å². The fraction of sp³-hybridized carbons (Fsp3) is 0.0714. The molecule has 96 valence electrons. The molecular weight excluding hydrogens is 247 g/mol. The molecule has 3 aromatic rings. The normalized spacial score (nSPS) is 10.8. The number of benzene rings is 1. The maximum atomic E-state index is 13.3. The van der Waals surface area contributed by atoms with E-state index in [0.717, 1.165) is 11.3 Å². The number of aromatic nitrogens is 1. The number of hydrogen-bond donors (Lipinski definition) is 1. The van der Waals surface area contributed by atoms with Crippen LogP contribution in [0.2, 0.25) is 0 Å². The second kappa shape index (κ2) is 4.28. The maximum absolute atomic E-state index is 13.3. The molecule has 0 saturated heterocycles. The van der Waals surface area contributed by atoms with Gasteiger partial charge in [-0.1, -0.05) is 17.3 Å². The van der Waals surface area contributed by atoms with E-state index in [-0.39, 0.29) is 11.7 Å². The van der Waals surface area contributed by atoms with E-state index in [0.29, 0.717) is 16.8 Å². The number of nitrogen functional groups attached to an aromatic ring is 1. The molecular formula is C14H11FN2O2. The molecule has 0 bridgehead atoms. The van der Waals surface area contributed by atoms with Gasteiger partial charge in [-0.25, -0.2) is 4.39 Å². The highest BCUT2D eigenvalue weighted by Gasteiger charge is 2.19. The van der Waals surface area contributed by atoms with Crippen LogP contribution in [0.3, 0.4) is 0 Å². The zero-order chi connectivity index (χ0) is 13.4. The molecule has 4 nitrogen and oxygen atoms in total. The first-order valence-electron chi connectivity index (χ1n) is 5.72. The van der Waals surface area contributed by atoms with Crippen molar-refractivity contribution in [2.24, 2.45) is 0 Å². The summed E-state index contributed by atoms with van der Waals surface area (Å²) in [7, 11) is 0. The van der Waals surface area contributed by atoms with Crippen LogP contribution in [0.25, 0.3) is 22.4 Å². The Bertz CT molecular complexity index is 731. The molecule has 1 aromatic carbocycles. The summed E-state index contributed by atoms with van der Waals surface area (Å²) in [6.45, 7) is 1.83. The summed E-state index contributed by atoms with van der Waals surface area (Å²) < 4.78 is 23.6. The Morgan fingerprint density at radius 2 is 2.05 bits per heavy atom. The monoisotopic (exact) mass is 258 g/mol. The van der Waals surface area contributed by atoms with Gasteiger partial charge in [0.25, 0.3) is 0 Å². The molecule has 2 aromatic heterocycles. The van der Waals surface area contributed by atoms with Crippen molar-refractivity contribution in [3.8, 4) is 22.4 Å². The lowest BCUT2D eigenvalue weighted by atomic mass is 10.0. The number of aryl methyl sites for hydroxylation is 1. The average molecular weight is 258 g/mol. The summed E-state index contributed by atoms with van der Waals surface area (Å²) in [4.78, 5) is 0. The van der Waals surface area contributed by atoms with Gasteiger partial charge >= 0.3 is 0 Å². The van der Waals surface area contributed by atoms with Crippen LogP contribution < -0.4 is 5.73 Å². The van der Waals surface area contributed by atoms with Crippen molar-refractivity contribution in [3.63, 3.8) is 0 Å². The molecule has 0 atom stereocenters. The van der Waals surface area contributed by atoms with Gasteiger partial charge in [-0.2, -0.15) is 0 Å². The van der Waals surface area contributed by atoms with Crippen molar-refractivity contribution in [1.29, 1.82) is 0 Å². The molecule has 2 N–H and O–H groups in total. The first-order chi connectivity index (χ1) is 9.15. The highest BCUT2D eigenvalue weighted by atomic mass is 19.1. The van der Waals surface area contributed by atoms with Crippen molar-refractivity contribution in [1.82, 2.24) is 5.16 Å². The van der Waals surface area contributed by atoms with Gasteiger partial charge in [0.1, 0.15) is 23.5 Å². The lowest BCUT2D eigenvalue weighted by Crippen LogP contribution is -1.87. The Morgan fingerprint density at radius 1 is 1.21 bits per heavy atom. The van der Waals surface area contributed by atoms with E-state index in [1.54, 1.807) is 18.4 Å². The van der Waals surface area contributed by atoms with Gasteiger partial charge in [0.05, 0.1) is 5.56 Å². The Hall–Kier alpha value is -2.56. The van der Waals surface area contributed by atoms with Gasteiger partial charge in [0, 0.05) is 5.56 Å².